The number of aliphatic carboxylic acids is 1. The van der Waals surface area contributed by atoms with E-state index in [0.29, 0.717) is 13.0 Å². The molecule has 14 heavy (non-hydrogen) atoms. The SMILES string of the molecule is C[SiH2]O[SiH3].NCCCC[C@H](N)C(=O)O. The fraction of sp³-hybridized carbons (Fsp3) is 0.857. The number of hydrogen-bond acceptors (Lipinski definition) is 4. The lowest BCUT2D eigenvalue weighted by atomic mass is 10.1. The molecule has 0 aliphatic heterocycles. The van der Waals surface area contributed by atoms with Crippen molar-refractivity contribution < 1.29 is 14.0 Å². The Balaban J connectivity index is 0. The van der Waals surface area contributed by atoms with E-state index in [1.54, 1.807) is 0 Å². The molecule has 0 aliphatic carbocycles. The Labute approximate surface area is 90.7 Å². The lowest BCUT2D eigenvalue weighted by Crippen LogP contribution is -2.29. The Kier molecular flexibility index (Phi) is 14.8. The van der Waals surface area contributed by atoms with Crippen molar-refractivity contribution in [3.05, 3.63) is 0 Å². The highest BCUT2D eigenvalue weighted by atomic mass is 28.3. The second kappa shape index (κ2) is 12.8. The number of carbonyl (C=O) groups is 1. The zero-order valence-electron chi connectivity index (χ0n) is 9.03. The van der Waals surface area contributed by atoms with Crippen LogP contribution >= 0.6 is 0 Å². The van der Waals surface area contributed by atoms with E-state index in [2.05, 4.69) is 6.55 Å². The minimum atomic E-state index is -0.933. The summed E-state index contributed by atoms with van der Waals surface area (Å²) < 4.78 is 4.82. The predicted molar refractivity (Wildman–Crippen MR) is 63.9 cm³/mol. The van der Waals surface area contributed by atoms with Crippen LogP contribution in [0.1, 0.15) is 19.3 Å². The molecule has 0 unspecified atom stereocenters. The molecule has 0 spiro atoms. The molecule has 1 atom stereocenters. The van der Waals surface area contributed by atoms with Crippen LogP contribution in [0.25, 0.3) is 0 Å². The Bertz CT molecular complexity index is 136. The van der Waals surface area contributed by atoms with Crippen LogP contribution in [-0.2, 0) is 8.91 Å². The van der Waals surface area contributed by atoms with Gasteiger partial charge in [-0.15, -0.1) is 0 Å². The third kappa shape index (κ3) is 14.3. The van der Waals surface area contributed by atoms with Gasteiger partial charge in [0.25, 0.3) is 0 Å². The van der Waals surface area contributed by atoms with Gasteiger partial charge in [0.05, 0.1) is 0 Å². The summed E-state index contributed by atoms with van der Waals surface area (Å²) in [4.78, 5) is 10.1. The summed E-state index contributed by atoms with van der Waals surface area (Å²) in [5.41, 5.74) is 10.4. The summed E-state index contributed by atoms with van der Waals surface area (Å²) in [6, 6.07) is -0.716. The number of carboxylic acids is 1. The maximum Gasteiger partial charge on any atom is 0.320 e. The summed E-state index contributed by atoms with van der Waals surface area (Å²) in [6.45, 7) is 2.74. The molecular formula is C7H22N2O3Si2. The molecule has 0 saturated heterocycles. The van der Waals surface area contributed by atoms with Crippen LogP contribution in [-0.4, -0.2) is 43.9 Å². The lowest BCUT2D eigenvalue weighted by molar-refractivity contribution is -0.138. The molecule has 0 saturated carbocycles. The van der Waals surface area contributed by atoms with E-state index in [9.17, 15) is 4.79 Å². The third-order valence-electron chi connectivity index (χ3n) is 1.58. The standard InChI is InChI=1S/C6H14N2O2.CH8OSi2/c7-4-2-1-3-5(8)6(9)10;1-4-2-3/h5H,1-4,7-8H2,(H,9,10);4H2,1,3H3/t5-;/m0./s1. The summed E-state index contributed by atoms with van der Waals surface area (Å²) in [6.07, 6.45) is 2.16. The summed E-state index contributed by atoms with van der Waals surface area (Å²) in [5, 5.41) is 8.33. The molecule has 0 aromatic heterocycles. The van der Waals surface area contributed by atoms with Gasteiger partial charge in [-0.25, -0.2) is 0 Å². The van der Waals surface area contributed by atoms with Crippen LogP contribution < -0.4 is 11.5 Å². The average molecular weight is 238 g/mol. The number of carboxylic acid groups (broad SMARTS) is 1. The van der Waals surface area contributed by atoms with E-state index < -0.39 is 12.0 Å². The van der Waals surface area contributed by atoms with Crippen molar-refractivity contribution >= 4 is 26.2 Å². The van der Waals surface area contributed by atoms with Gasteiger partial charge in [-0.1, -0.05) is 13.0 Å². The van der Waals surface area contributed by atoms with Crippen molar-refractivity contribution in [1.29, 1.82) is 0 Å². The molecule has 0 rings (SSSR count). The zero-order valence-corrected chi connectivity index (χ0v) is 12.4. The molecule has 0 radical (unpaired) electrons. The van der Waals surface area contributed by atoms with Crippen molar-refractivity contribution in [1.82, 2.24) is 0 Å². The molecule has 86 valence electrons. The maximum absolute atomic E-state index is 10.1. The minimum Gasteiger partial charge on any atom is -0.480 e. The Morgan fingerprint density at radius 2 is 2.14 bits per heavy atom. The normalized spacial score (nSPS) is 12.5. The summed E-state index contributed by atoms with van der Waals surface area (Å²) >= 11 is 0. The minimum absolute atomic E-state index is 0.0139. The molecule has 0 heterocycles. The van der Waals surface area contributed by atoms with Gasteiger partial charge in [-0.05, 0) is 19.4 Å². The Morgan fingerprint density at radius 3 is 2.43 bits per heavy atom. The van der Waals surface area contributed by atoms with E-state index in [1.165, 1.54) is 0 Å². The monoisotopic (exact) mass is 238 g/mol. The van der Waals surface area contributed by atoms with Gasteiger partial charge in [0.15, 0.2) is 0 Å². The molecule has 0 amide bonds. The van der Waals surface area contributed by atoms with Crippen LogP contribution in [0.3, 0.4) is 0 Å². The van der Waals surface area contributed by atoms with Crippen LogP contribution in [0, 0.1) is 0 Å². The van der Waals surface area contributed by atoms with Gasteiger partial charge in [-0.2, -0.15) is 0 Å². The van der Waals surface area contributed by atoms with Crippen molar-refractivity contribution in [3.8, 4) is 0 Å². The van der Waals surface area contributed by atoms with Gasteiger partial charge in [0, 0.05) is 0 Å². The topological polar surface area (TPSA) is 98.6 Å². The van der Waals surface area contributed by atoms with Gasteiger partial charge in [-0.3, -0.25) is 4.79 Å². The first-order chi connectivity index (χ1) is 6.59. The van der Waals surface area contributed by atoms with E-state index in [0.717, 1.165) is 23.3 Å². The number of nitrogens with two attached hydrogens (primary N) is 2. The van der Waals surface area contributed by atoms with Crippen molar-refractivity contribution in [3.63, 3.8) is 0 Å². The Morgan fingerprint density at radius 1 is 1.64 bits per heavy atom. The van der Waals surface area contributed by atoms with Crippen LogP contribution in [0.4, 0.5) is 0 Å². The number of rotatable bonds is 6. The van der Waals surface area contributed by atoms with Gasteiger partial charge in [0.1, 0.15) is 26.3 Å². The highest BCUT2D eigenvalue weighted by Gasteiger charge is 2.09. The molecule has 0 aliphatic rings. The van der Waals surface area contributed by atoms with E-state index in [-0.39, 0.29) is 9.76 Å². The van der Waals surface area contributed by atoms with Crippen LogP contribution in [0.2, 0.25) is 6.55 Å². The predicted octanol–water partition coefficient (Wildman–Crippen LogP) is -2.06. The highest BCUT2D eigenvalue weighted by Crippen LogP contribution is 1.96. The molecule has 0 fully saturated rings. The first-order valence-corrected chi connectivity index (χ1v) is 7.58. The second-order valence-electron chi connectivity index (χ2n) is 2.81. The van der Waals surface area contributed by atoms with Crippen molar-refractivity contribution in [2.24, 2.45) is 11.5 Å². The second-order valence-corrected chi connectivity index (χ2v) is 5.69. The van der Waals surface area contributed by atoms with Crippen LogP contribution in [0.15, 0.2) is 0 Å². The highest BCUT2D eigenvalue weighted by molar-refractivity contribution is 6.32. The molecule has 7 heteroatoms. The van der Waals surface area contributed by atoms with Crippen molar-refractivity contribution in [2.45, 2.75) is 31.9 Å². The fourth-order valence-electron chi connectivity index (χ4n) is 0.632. The number of hydrogen-bond donors (Lipinski definition) is 3. The fourth-order valence-corrected chi connectivity index (χ4v) is 0.632. The quantitative estimate of drug-likeness (QED) is 0.365. The molecular weight excluding hydrogens is 216 g/mol. The summed E-state index contributed by atoms with van der Waals surface area (Å²) in [5.74, 6) is -0.933. The van der Waals surface area contributed by atoms with E-state index in [4.69, 9.17) is 20.7 Å². The first-order valence-electron chi connectivity index (χ1n) is 4.77. The maximum atomic E-state index is 10.1. The third-order valence-corrected chi connectivity index (χ3v) is 3.88. The zero-order chi connectivity index (χ0) is 11.4. The molecule has 0 aromatic rings. The number of unbranched alkanes of at least 4 members (excludes halogenated alkanes) is 1. The Hall–Kier alpha value is -0.216. The van der Waals surface area contributed by atoms with Crippen LogP contribution in [0.5, 0.6) is 0 Å². The van der Waals surface area contributed by atoms with E-state index >= 15 is 0 Å². The molecule has 5 N–H and O–H groups in total. The van der Waals surface area contributed by atoms with Gasteiger partial charge >= 0.3 is 5.97 Å². The largest absolute Gasteiger partial charge is 0.480 e. The lowest BCUT2D eigenvalue weighted by Gasteiger charge is -2.03. The van der Waals surface area contributed by atoms with Gasteiger partial charge in [0.2, 0.25) is 0 Å². The van der Waals surface area contributed by atoms with Gasteiger partial charge < -0.3 is 20.7 Å². The summed E-state index contributed by atoms with van der Waals surface area (Å²) in [7, 11) is 0.938. The first kappa shape index (κ1) is 16.2. The average Bonchev–Trinajstić information content (AvgIpc) is 2.18. The van der Waals surface area contributed by atoms with Crippen molar-refractivity contribution in [2.75, 3.05) is 6.54 Å². The molecule has 0 bridgehead atoms. The molecule has 0 aromatic carbocycles. The molecule has 5 nitrogen and oxygen atoms in total. The smallest absolute Gasteiger partial charge is 0.320 e. The van der Waals surface area contributed by atoms with E-state index in [1.807, 2.05) is 0 Å².